The van der Waals surface area contributed by atoms with Gasteiger partial charge in [0.05, 0.1) is 22.1 Å². The van der Waals surface area contributed by atoms with Gasteiger partial charge in [0.1, 0.15) is 5.82 Å². The molecule has 53 heavy (non-hydrogen) atoms. The average molecular weight is 692 g/mol. The molecular weight excluding hydrogens is 663 g/mol. The van der Waals surface area contributed by atoms with Gasteiger partial charge in [0, 0.05) is 47.9 Å². The van der Waals surface area contributed by atoms with Crippen molar-refractivity contribution in [3.05, 3.63) is 176 Å². The number of hydrogen-bond acceptors (Lipinski definition) is 2. The standard InChI is InChI=1S/C49H29N3S/c1-2-14-31(15-3-1)52-45-23-10-8-21-43(45)50-49(52)30-13-12-16-32(25-30)51-44-22-9-6-19-35(44)41-26-37-33-17-4-5-18-34(33)38-27-42-36-20-7-11-24-47(36)53-48(42)29-40(38)39(37)28-46(41)51/h1-29H. The molecule has 3 heterocycles. The van der Waals surface area contributed by atoms with Crippen LogP contribution in [0.1, 0.15) is 0 Å². The zero-order valence-corrected chi connectivity index (χ0v) is 29.3. The summed E-state index contributed by atoms with van der Waals surface area (Å²) < 4.78 is 7.38. The minimum absolute atomic E-state index is 0.926. The molecule has 3 aromatic heterocycles. The van der Waals surface area contributed by atoms with E-state index >= 15 is 0 Å². The molecule has 0 radical (unpaired) electrons. The predicted molar refractivity (Wildman–Crippen MR) is 226 cm³/mol. The lowest BCUT2D eigenvalue weighted by Crippen LogP contribution is -1.99. The van der Waals surface area contributed by atoms with E-state index in [1.807, 2.05) is 11.3 Å². The number of benzene rings is 9. The first-order valence-corrected chi connectivity index (χ1v) is 18.9. The Morgan fingerprint density at radius 1 is 0.340 bits per heavy atom. The van der Waals surface area contributed by atoms with Crippen LogP contribution in [0.4, 0.5) is 0 Å². The molecule has 12 aromatic rings. The topological polar surface area (TPSA) is 22.8 Å². The minimum atomic E-state index is 0.926. The molecule has 0 atom stereocenters. The molecule has 9 aromatic carbocycles. The Labute approximate surface area is 308 Å². The Bertz CT molecular complexity index is 3460. The first-order chi connectivity index (χ1) is 26.3. The summed E-state index contributed by atoms with van der Waals surface area (Å²) in [4.78, 5) is 5.21. The number of nitrogens with zero attached hydrogens (tertiary/aromatic N) is 3. The first-order valence-electron chi connectivity index (χ1n) is 18.0. The molecule has 0 saturated heterocycles. The zero-order chi connectivity index (χ0) is 34.6. The van der Waals surface area contributed by atoms with E-state index in [-0.39, 0.29) is 0 Å². The Morgan fingerprint density at radius 2 is 0.962 bits per heavy atom. The second-order valence-corrected chi connectivity index (χ2v) is 15.0. The minimum Gasteiger partial charge on any atom is -0.309 e. The number of aromatic nitrogens is 3. The summed E-state index contributed by atoms with van der Waals surface area (Å²) in [7, 11) is 0. The van der Waals surface area contributed by atoms with E-state index in [1.165, 1.54) is 74.3 Å². The molecule has 12 rings (SSSR count). The van der Waals surface area contributed by atoms with E-state index in [1.54, 1.807) is 0 Å². The van der Waals surface area contributed by atoms with Gasteiger partial charge in [0.2, 0.25) is 0 Å². The molecule has 0 N–H and O–H groups in total. The molecule has 0 spiro atoms. The maximum Gasteiger partial charge on any atom is 0.145 e. The third-order valence-electron chi connectivity index (χ3n) is 11.1. The van der Waals surface area contributed by atoms with E-state index in [0.717, 1.165) is 33.8 Å². The van der Waals surface area contributed by atoms with Crippen LogP contribution in [0, 0.1) is 0 Å². The van der Waals surface area contributed by atoms with Gasteiger partial charge >= 0.3 is 0 Å². The highest BCUT2D eigenvalue weighted by atomic mass is 32.1. The maximum atomic E-state index is 5.21. The van der Waals surface area contributed by atoms with Crippen molar-refractivity contribution in [3.8, 4) is 22.8 Å². The van der Waals surface area contributed by atoms with Gasteiger partial charge in [-0.05, 0) is 105 Å². The van der Waals surface area contributed by atoms with Crippen LogP contribution in [-0.4, -0.2) is 14.1 Å². The van der Waals surface area contributed by atoms with Gasteiger partial charge in [-0.15, -0.1) is 11.3 Å². The highest BCUT2D eigenvalue weighted by molar-refractivity contribution is 7.25. The Balaban J connectivity index is 1.17. The molecule has 4 heteroatoms. The van der Waals surface area contributed by atoms with Crippen LogP contribution in [0.25, 0.3) is 108 Å². The van der Waals surface area contributed by atoms with Gasteiger partial charge in [0.25, 0.3) is 0 Å². The quantitative estimate of drug-likeness (QED) is 0.169. The lowest BCUT2D eigenvalue weighted by atomic mass is 9.92. The van der Waals surface area contributed by atoms with Crippen molar-refractivity contribution in [2.75, 3.05) is 0 Å². The predicted octanol–water partition coefficient (Wildman–Crippen LogP) is 13.6. The molecule has 0 aliphatic heterocycles. The van der Waals surface area contributed by atoms with Gasteiger partial charge in [-0.2, -0.15) is 0 Å². The molecule has 246 valence electrons. The van der Waals surface area contributed by atoms with Crippen molar-refractivity contribution in [2.24, 2.45) is 0 Å². The normalized spacial score (nSPS) is 12.2. The third kappa shape index (κ3) is 4.12. The summed E-state index contributed by atoms with van der Waals surface area (Å²) >= 11 is 1.89. The Morgan fingerprint density at radius 3 is 1.79 bits per heavy atom. The number of fused-ring (bicyclic) bond motifs is 13. The summed E-state index contributed by atoms with van der Waals surface area (Å²) in [6.07, 6.45) is 0. The average Bonchev–Trinajstić information content (AvgIpc) is 3.89. The number of hydrogen-bond donors (Lipinski definition) is 0. The molecule has 0 bridgehead atoms. The smallest absolute Gasteiger partial charge is 0.145 e. The molecule has 0 unspecified atom stereocenters. The Hall–Kier alpha value is -6.75. The number of rotatable bonds is 3. The fraction of sp³-hybridized carbons (Fsp3) is 0. The zero-order valence-electron chi connectivity index (χ0n) is 28.5. The molecule has 0 aliphatic rings. The largest absolute Gasteiger partial charge is 0.309 e. The highest BCUT2D eigenvalue weighted by Crippen LogP contribution is 2.44. The van der Waals surface area contributed by atoms with Crippen LogP contribution in [0.3, 0.4) is 0 Å². The fourth-order valence-corrected chi connectivity index (χ4v) is 9.88. The van der Waals surface area contributed by atoms with Gasteiger partial charge < -0.3 is 4.57 Å². The number of thiophene rings is 1. The molecule has 0 amide bonds. The van der Waals surface area contributed by atoms with Gasteiger partial charge in [0.15, 0.2) is 0 Å². The SMILES string of the molecule is c1ccc(-n2c(-c3cccc(-n4c5ccccc5c5cc6c7ccccc7c7cc8c(cc7c6cc54)sc4ccccc48)c3)nc3ccccc32)cc1. The van der Waals surface area contributed by atoms with Crippen LogP contribution in [-0.2, 0) is 0 Å². The molecule has 0 saturated carbocycles. The molecular formula is C49H29N3S. The molecule has 0 aliphatic carbocycles. The van der Waals surface area contributed by atoms with Crippen LogP contribution < -0.4 is 0 Å². The number of para-hydroxylation sites is 4. The maximum absolute atomic E-state index is 5.21. The summed E-state index contributed by atoms with van der Waals surface area (Å²) in [6, 6.07) is 64.2. The van der Waals surface area contributed by atoms with Gasteiger partial charge in [-0.1, -0.05) is 103 Å². The van der Waals surface area contributed by atoms with Gasteiger partial charge in [-0.25, -0.2) is 4.98 Å². The fourth-order valence-electron chi connectivity index (χ4n) is 8.75. The van der Waals surface area contributed by atoms with E-state index in [4.69, 9.17) is 4.98 Å². The highest BCUT2D eigenvalue weighted by Gasteiger charge is 2.19. The van der Waals surface area contributed by atoms with Crippen LogP contribution in [0.15, 0.2) is 176 Å². The van der Waals surface area contributed by atoms with E-state index in [0.29, 0.717) is 0 Å². The van der Waals surface area contributed by atoms with Crippen LogP contribution >= 0.6 is 11.3 Å². The van der Waals surface area contributed by atoms with E-state index in [9.17, 15) is 0 Å². The van der Waals surface area contributed by atoms with Crippen molar-refractivity contribution in [1.82, 2.24) is 14.1 Å². The van der Waals surface area contributed by atoms with E-state index < -0.39 is 0 Å². The molecule has 0 fully saturated rings. The lowest BCUT2D eigenvalue weighted by molar-refractivity contribution is 1.10. The van der Waals surface area contributed by atoms with Crippen LogP contribution in [0.2, 0.25) is 0 Å². The van der Waals surface area contributed by atoms with Crippen LogP contribution in [0.5, 0.6) is 0 Å². The summed E-state index contributed by atoms with van der Waals surface area (Å²) in [6.45, 7) is 0. The van der Waals surface area contributed by atoms with Crippen molar-refractivity contribution in [2.45, 2.75) is 0 Å². The lowest BCUT2D eigenvalue weighted by Gasteiger charge is -2.14. The summed E-state index contributed by atoms with van der Waals surface area (Å²) in [5, 5.41) is 12.9. The summed E-state index contributed by atoms with van der Waals surface area (Å²) in [5.74, 6) is 0.926. The van der Waals surface area contributed by atoms with Crippen molar-refractivity contribution in [3.63, 3.8) is 0 Å². The second-order valence-electron chi connectivity index (χ2n) is 14.0. The first kappa shape index (κ1) is 28.9. The summed E-state index contributed by atoms with van der Waals surface area (Å²) in [5.41, 5.74) is 7.72. The van der Waals surface area contributed by atoms with Crippen molar-refractivity contribution >= 4 is 96.7 Å². The third-order valence-corrected chi connectivity index (χ3v) is 12.2. The second kappa shape index (κ2) is 10.9. The Kier molecular flexibility index (Phi) is 5.93. The monoisotopic (exact) mass is 691 g/mol. The van der Waals surface area contributed by atoms with E-state index in [2.05, 4.69) is 185 Å². The molecule has 3 nitrogen and oxygen atoms in total. The number of imidazole rings is 1. The van der Waals surface area contributed by atoms with Crippen molar-refractivity contribution < 1.29 is 0 Å². The van der Waals surface area contributed by atoms with Gasteiger partial charge in [-0.3, -0.25) is 4.57 Å². The van der Waals surface area contributed by atoms with Crippen molar-refractivity contribution in [1.29, 1.82) is 0 Å².